The predicted octanol–water partition coefficient (Wildman–Crippen LogP) is 1.22. The van der Waals surface area contributed by atoms with Crippen LogP contribution in [0.1, 0.15) is 20.8 Å². The summed E-state index contributed by atoms with van der Waals surface area (Å²) in [7, 11) is 0. The maximum atomic E-state index is 12.4. The van der Waals surface area contributed by atoms with Crippen LogP contribution in [0.15, 0.2) is 0 Å². The van der Waals surface area contributed by atoms with E-state index in [0.29, 0.717) is 4.90 Å². The number of rotatable bonds is 5. The fraction of sp³-hybridized carbons (Fsp3) is 0.800. The van der Waals surface area contributed by atoms with Crippen molar-refractivity contribution in [3.8, 4) is 0 Å². The van der Waals surface area contributed by atoms with E-state index < -0.39 is 36.6 Å². The van der Waals surface area contributed by atoms with Crippen LogP contribution >= 0.6 is 12.6 Å². The molecule has 0 bridgehead atoms. The fourth-order valence-corrected chi connectivity index (χ4v) is 1.59. The van der Waals surface area contributed by atoms with Crippen LogP contribution in [-0.4, -0.2) is 47.3 Å². The Hall–Kier alpha value is -0.920. The van der Waals surface area contributed by atoms with E-state index in [-0.39, 0.29) is 5.75 Å². The molecule has 0 aliphatic rings. The number of nitrogens with zero attached hydrogens (tertiary/aromatic N) is 1. The summed E-state index contributed by atoms with van der Waals surface area (Å²) < 4.78 is 37.1. The highest BCUT2D eigenvalue weighted by Gasteiger charge is 2.36. The van der Waals surface area contributed by atoms with Gasteiger partial charge in [-0.2, -0.15) is 25.8 Å². The molecular weight excluding hydrogens is 269 g/mol. The fourth-order valence-electron chi connectivity index (χ4n) is 1.34. The van der Waals surface area contributed by atoms with E-state index >= 15 is 0 Å². The lowest BCUT2D eigenvalue weighted by molar-refractivity contribution is -0.165. The van der Waals surface area contributed by atoms with Gasteiger partial charge < -0.3 is 10.2 Å². The van der Waals surface area contributed by atoms with Crippen LogP contribution in [0.5, 0.6) is 0 Å². The summed E-state index contributed by atoms with van der Waals surface area (Å²) in [4.78, 5) is 23.4. The van der Waals surface area contributed by atoms with Gasteiger partial charge in [0.1, 0.15) is 12.6 Å². The topological polar surface area (TPSA) is 49.4 Å². The lowest BCUT2D eigenvalue weighted by atomic mass is 10.2. The van der Waals surface area contributed by atoms with Gasteiger partial charge in [0.25, 0.3) is 0 Å². The molecule has 0 fully saturated rings. The monoisotopic (exact) mass is 286 g/mol. The summed E-state index contributed by atoms with van der Waals surface area (Å²) in [5, 5.41) is 2.28. The quantitative estimate of drug-likeness (QED) is 0.747. The molecule has 1 N–H and O–H groups in total. The van der Waals surface area contributed by atoms with Crippen molar-refractivity contribution in [3.63, 3.8) is 0 Å². The zero-order valence-corrected chi connectivity index (χ0v) is 11.3. The first kappa shape index (κ1) is 17.1. The summed E-state index contributed by atoms with van der Waals surface area (Å²) in [5.41, 5.74) is 0. The first-order chi connectivity index (χ1) is 8.08. The van der Waals surface area contributed by atoms with Crippen molar-refractivity contribution in [1.29, 1.82) is 0 Å². The Bertz CT molecular complexity index is 308. The molecule has 106 valence electrons. The average Bonchev–Trinajstić information content (AvgIpc) is 2.19. The number of carbonyl (C=O) groups is 2. The van der Waals surface area contributed by atoms with Gasteiger partial charge in [0.15, 0.2) is 0 Å². The Morgan fingerprint density at radius 3 is 2.11 bits per heavy atom. The van der Waals surface area contributed by atoms with E-state index in [1.165, 1.54) is 20.8 Å². The molecule has 0 saturated carbocycles. The molecule has 0 rings (SSSR count). The Morgan fingerprint density at radius 1 is 1.33 bits per heavy atom. The van der Waals surface area contributed by atoms with Crippen LogP contribution in [0, 0.1) is 0 Å². The van der Waals surface area contributed by atoms with E-state index in [9.17, 15) is 22.8 Å². The Balaban J connectivity index is 4.88. The normalized spacial score (nSPS) is 13.3. The molecule has 8 heteroatoms. The van der Waals surface area contributed by atoms with Crippen LogP contribution in [0.4, 0.5) is 13.2 Å². The average molecular weight is 286 g/mol. The van der Waals surface area contributed by atoms with Crippen LogP contribution in [-0.2, 0) is 9.59 Å². The zero-order chi connectivity index (χ0) is 14.5. The number of alkyl halides is 3. The number of hydrogen-bond acceptors (Lipinski definition) is 3. The van der Waals surface area contributed by atoms with Crippen molar-refractivity contribution in [2.45, 2.75) is 39.0 Å². The number of thiol groups is 1. The van der Waals surface area contributed by atoms with Gasteiger partial charge in [0.2, 0.25) is 11.8 Å². The third-order valence-electron chi connectivity index (χ3n) is 2.11. The van der Waals surface area contributed by atoms with Gasteiger partial charge in [0.05, 0.1) is 0 Å². The van der Waals surface area contributed by atoms with Gasteiger partial charge in [-0.15, -0.1) is 0 Å². The molecule has 1 unspecified atom stereocenters. The van der Waals surface area contributed by atoms with Crippen LogP contribution in [0.25, 0.3) is 0 Å². The predicted molar refractivity (Wildman–Crippen MR) is 64.4 cm³/mol. The minimum absolute atomic E-state index is 0.0561. The van der Waals surface area contributed by atoms with Crippen molar-refractivity contribution in [2.75, 3.05) is 12.3 Å². The van der Waals surface area contributed by atoms with Gasteiger partial charge in [-0.3, -0.25) is 9.59 Å². The lowest BCUT2D eigenvalue weighted by Gasteiger charge is -2.31. The maximum absolute atomic E-state index is 12.4. The number of hydrogen-bond donors (Lipinski definition) is 2. The molecule has 0 aromatic heterocycles. The molecule has 0 aliphatic heterocycles. The molecule has 4 nitrogen and oxygen atoms in total. The maximum Gasteiger partial charge on any atom is 0.406 e. The smallest absolute Gasteiger partial charge is 0.344 e. The van der Waals surface area contributed by atoms with E-state index in [4.69, 9.17) is 0 Å². The Labute approximate surface area is 109 Å². The van der Waals surface area contributed by atoms with Gasteiger partial charge in [0, 0.05) is 18.7 Å². The van der Waals surface area contributed by atoms with Crippen LogP contribution in [0.3, 0.4) is 0 Å². The SMILES string of the molecule is CC(=O)NC(CS)C(=O)N(CC(F)(F)F)C(C)C. The molecule has 0 aromatic rings. The first-order valence-corrected chi connectivity index (χ1v) is 5.97. The van der Waals surface area contributed by atoms with Crippen molar-refractivity contribution in [1.82, 2.24) is 10.2 Å². The van der Waals surface area contributed by atoms with Crippen molar-refractivity contribution in [2.24, 2.45) is 0 Å². The van der Waals surface area contributed by atoms with Gasteiger partial charge >= 0.3 is 6.18 Å². The molecule has 0 spiro atoms. The Morgan fingerprint density at radius 2 is 1.83 bits per heavy atom. The lowest BCUT2D eigenvalue weighted by Crippen LogP contribution is -2.53. The molecule has 1 atom stereocenters. The van der Waals surface area contributed by atoms with Gasteiger partial charge in [-0.1, -0.05) is 0 Å². The summed E-state index contributed by atoms with van der Waals surface area (Å²) in [6.07, 6.45) is -4.47. The largest absolute Gasteiger partial charge is 0.406 e. The van der Waals surface area contributed by atoms with Gasteiger partial charge in [-0.25, -0.2) is 0 Å². The number of nitrogens with one attached hydrogen (secondary N) is 1. The second-order valence-electron chi connectivity index (χ2n) is 4.11. The number of carbonyl (C=O) groups excluding carboxylic acids is 2. The third kappa shape index (κ3) is 6.13. The zero-order valence-electron chi connectivity index (χ0n) is 10.4. The summed E-state index contributed by atoms with van der Waals surface area (Å²) in [6.45, 7) is 2.81. The highest BCUT2D eigenvalue weighted by molar-refractivity contribution is 7.80. The summed E-state index contributed by atoms with van der Waals surface area (Å²) in [6, 6.07) is -1.66. The van der Waals surface area contributed by atoms with Crippen LogP contribution < -0.4 is 5.32 Å². The van der Waals surface area contributed by atoms with E-state index in [2.05, 4.69) is 17.9 Å². The minimum atomic E-state index is -4.47. The van der Waals surface area contributed by atoms with E-state index in [1.807, 2.05) is 0 Å². The summed E-state index contributed by atoms with van der Waals surface area (Å²) >= 11 is 3.86. The van der Waals surface area contributed by atoms with Gasteiger partial charge in [-0.05, 0) is 13.8 Å². The van der Waals surface area contributed by atoms with Crippen molar-refractivity contribution in [3.05, 3.63) is 0 Å². The Kier molecular flexibility index (Phi) is 6.51. The van der Waals surface area contributed by atoms with Crippen molar-refractivity contribution < 1.29 is 22.8 Å². The molecule has 2 amide bonds. The highest BCUT2D eigenvalue weighted by atomic mass is 32.1. The molecule has 0 aliphatic carbocycles. The third-order valence-corrected chi connectivity index (χ3v) is 2.48. The van der Waals surface area contributed by atoms with Crippen molar-refractivity contribution >= 4 is 24.4 Å². The first-order valence-electron chi connectivity index (χ1n) is 5.33. The summed E-state index contributed by atoms with van der Waals surface area (Å²) in [5.74, 6) is -1.33. The molecular formula is C10H17F3N2O2S. The van der Waals surface area contributed by atoms with E-state index in [0.717, 1.165) is 0 Å². The highest BCUT2D eigenvalue weighted by Crippen LogP contribution is 2.18. The molecule has 0 radical (unpaired) electrons. The number of halogens is 3. The standard InChI is InChI=1S/C10H17F3N2O2S/c1-6(2)15(5-10(11,12)13)9(17)8(4-18)14-7(3)16/h6,8,18H,4-5H2,1-3H3,(H,14,16). The molecule has 0 aromatic carbocycles. The van der Waals surface area contributed by atoms with E-state index in [1.54, 1.807) is 0 Å². The minimum Gasteiger partial charge on any atom is -0.344 e. The second kappa shape index (κ2) is 6.86. The number of amides is 2. The molecule has 0 heterocycles. The van der Waals surface area contributed by atoms with Crippen LogP contribution in [0.2, 0.25) is 0 Å². The molecule has 18 heavy (non-hydrogen) atoms. The molecule has 0 saturated heterocycles. The second-order valence-corrected chi connectivity index (χ2v) is 4.48.